The average Bonchev–Trinajstić information content (AvgIpc) is 1.88. The Morgan fingerprint density at radius 2 is 2.44 bits per heavy atom. The summed E-state index contributed by atoms with van der Waals surface area (Å²) in [7, 11) is 0. The molecular weight excluding hydrogens is 118 g/mol. The summed E-state index contributed by atoms with van der Waals surface area (Å²) in [6.45, 7) is 0.513. The van der Waals surface area contributed by atoms with Crippen molar-refractivity contribution in [3.63, 3.8) is 0 Å². The number of nitrogens with zero attached hydrogens (tertiary/aromatic N) is 1. The molecule has 0 aromatic carbocycles. The van der Waals surface area contributed by atoms with E-state index in [4.69, 9.17) is 15.1 Å². The van der Waals surface area contributed by atoms with Crippen molar-refractivity contribution in [1.29, 1.82) is 5.26 Å². The fraction of sp³-hybridized carbons (Fsp3) is 0.833. The molecule has 0 aliphatic carbocycles. The van der Waals surface area contributed by atoms with Gasteiger partial charge < -0.3 is 9.84 Å². The molecule has 1 N–H and O–H groups in total. The Balaban J connectivity index is 2.34. The normalized spacial score (nSPS) is 35.6. The Morgan fingerprint density at radius 1 is 1.67 bits per heavy atom. The molecule has 0 radical (unpaired) electrons. The number of hydrogen-bond acceptors (Lipinski definition) is 3. The van der Waals surface area contributed by atoms with E-state index >= 15 is 0 Å². The predicted octanol–water partition coefficient (Wildman–Crippen LogP) is 0.255. The molecular formula is C6H9NO2. The topological polar surface area (TPSA) is 53.2 Å². The Bertz CT molecular complexity index is 130. The van der Waals surface area contributed by atoms with Gasteiger partial charge >= 0.3 is 0 Å². The van der Waals surface area contributed by atoms with Gasteiger partial charge in [-0.1, -0.05) is 0 Å². The van der Waals surface area contributed by atoms with Crippen LogP contribution in [0.5, 0.6) is 0 Å². The molecule has 50 valence electrons. The lowest BCUT2D eigenvalue weighted by molar-refractivity contribution is -0.132. The number of aliphatic hydroxyl groups is 1. The second kappa shape index (κ2) is 2.81. The zero-order valence-electron chi connectivity index (χ0n) is 5.08. The van der Waals surface area contributed by atoms with E-state index in [1.54, 1.807) is 0 Å². The van der Waals surface area contributed by atoms with E-state index in [-0.39, 0.29) is 5.92 Å². The van der Waals surface area contributed by atoms with Gasteiger partial charge in [0.15, 0.2) is 6.29 Å². The smallest absolute Gasteiger partial charge is 0.155 e. The molecule has 0 aromatic rings. The van der Waals surface area contributed by atoms with Crippen LogP contribution >= 0.6 is 0 Å². The summed E-state index contributed by atoms with van der Waals surface area (Å²) >= 11 is 0. The first kappa shape index (κ1) is 6.53. The van der Waals surface area contributed by atoms with E-state index in [1.165, 1.54) is 0 Å². The van der Waals surface area contributed by atoms with Crippen LogP contribution in [0.1, 0.15) is 12.8 Å². The van der Waals surface area contributed by atoms with Crippen molar-refractivity contribution in [3.8, 4) is 6.07 Å². The Labute approximate surface area is 53.9 Å². The summed E-state index contributed by atoms with van der Waals surface area (Å²) in [5.41, 5.74) is 0. The third-order valence-electron chi connectivity index (χ3n) is 1.45. The van der Waals surface area contributed by atoms with Gasteiger partial charge in [0.05, 0.1) is 18.6 Å². The SMILES string of the molecule is N#CC1CCOC(O)C1. The summed E-state index contributed by atoms with van der Waals surface area (Å²) in [5.74, 6) is -0.00579. The Hall–Kier alpha value is -0.590. The molecule has 2 atom stereocenters. The first-order valence-electron chi connectivity index (χ1n) is 3.02. The molecule has 3 heteroatoms. The minimum absolute atomic E-state index is 0.00579. The van der Waals surface area contributed by atoms with Crippen LogP contribution < -0.4 is 0 Å². The Kier molecular flexibility index (Phi) is 2.04. The zero-order valence-corrected chi connectivity index (χ0v) is 5.08. The molecule has 1 rings (SSSR count). The molecule has 1 fully saturated rings. The summed E-state index contributed by atoms with van der Waals surface area (Å²) in [4.78, 5) is 0. The number of ether oxygens (including phenoxy) is 1. The molecule has 0 bridgehead atoms. The largest absolute Gasteiger partial charge is 0.368 e. The lowest BCUT2D eigenvalue weighted by Gasteiger charge is -2.20. The number of nitriles is 1. The molecule has 0 spiro atoms. The van der Waals surface area contributed by atoms with E-state index in [9.17, 15) is 0 Å². The van der Waals surface area contributed by atoms with Gasteiger partial charge in [0.1, 0.15) is 0 Å². The van der Waals surface area contributed by atoms with E-state index < -0.39 is 6.29 Å². The first-order chi connectivity index (χ1) is 4.33. The zero-order chi connectivity index (χ0) is 6.69. The highest BCUT2D eigenvalue weighted by molar-refractivity contribution is 4.84. The molecule has 2 unspecified atom stereocenters. The van der Waals surface area contributed by atoms with Crippen LogP contribution in [0.25, 0.3) is 0 Å². The van der Waals surface area contributed by atoms with Crippen LogP contribution in [-0.2, 0) is 4.74 Å². The van der Waals surface area contributed by atoms with E-state index in [0.717, 1.165) is 6.42 Å². The molecule has 1 saturated heterocycles. The van der Waals surface area contributed by atoms with Crippen molar-refractivity contribution in [2.45, 2.75) is 19.1 Å². The third kappa shape index (κ3) is 1.67. The molecule has 1 heterocycles. The second-order valence-electron chi connectivity index (χ2n) is 2.18. The van der Waals surface area contributed by atoms with Gasteiger partial charge in [-0.05, 0) is 6.42 Å². The summed E-state index contributed by atoms with van der Waals surface area (Å²) in [6, 6.07) is 2.09. The highest BCUT2D eigenvalue weighted by Crippen LogP contribution is 2.16. The summed E-state index contributed by atoms with van der Waals surface area (Å²) in [6.07, 6.45) is 0.521. The van der Waals surface area contributed by atoms with Crippen molar-refractivity contribution in [1.82, 2.24) is 0 Å². The van der Waals surface area contributed by atoms with Gasteiger partial charge in [0.25, 0.3) is 0 Å². The van der Waals surface area contributed by atoms with E-state index in [2.05, 4.69) is 6.07 Å². The molecule has 1 aliphatic heterocycles. The maximum Gasteiger partial charge on any atom is 0.155 e. The highest BCUT2D eigenvalue weighted by atomic mass is 16.6. The van der Waals surface area contributed by atoms with E-state index in [0.29, 0.717) is 13.0 Å². The van der Waals surface area contributed by atoms with Crippen LogP contribution in [0.3, 0.4) is 0 Å². The fourth-order valence-electron chi connectivity index (χ4n) is 0.893. The fourth-order valence-corrected chi connectivity index (χ4v) is 0.893. The quantitative estimate of drug-likeness (QED) is 0.507. The maximum atomic E-state index is 8.84. The third-order valence-corrected chi connectivity index (χ3v) is 1.45. The van der Waals surface area contributed by atoms with Gasteiger partial charge in [-0.3, -0.25) is 0 Å². The lowest BCUT2D eigenvalue weighted by atomic mass is 10.0. The summed E-state index contributed by atoms with van der Waals surface area (Å²) < 4.78 is 4.81. The minimum Gasteiger partial charge on any atom is -0.368 e. The average molecular weight is 127 g/mol. The molecule has 0 saturated carbocycles. The predicted molar refractivity (Wildman–Crippen MR) is 30.3 cm³/mol. The summed E-state index contributed by atoms with van der Waals surface area (Å²) in [5, 5.41) is 17.2. The van der Waals surface area contributed by atoms with Gasteiger partial charge in [-0.2, -0.15) is 5.26 Å². The van der Waals surface area contributed by atoms with Gasteiger partial charge in [-0.15, -0.1) is 0 Å². The molecule has 0 amide bonds. The van der Waals surface area contributed by atoms with Gasteiger partial charge in [0.2, 0.25) is 0 Å². The van der Waals surface area contributed by atoms with Crippen LogP contribution in [0, 0.1) is 17.2 Å². The van der Waals surface area contributed by atoms with Crippen LogP contribution in [0.4, 0.5) is 0 Å². The van der Waals surface area contributed by atoms with E-state index in [1.807, 2.05) is 0 Å². The van der Waals surface area contributed by atoms with Crippen molar-refractivity contribution in [2.75, 3.05) is 6.61 Å². The van der Waals surface area contributed by atoms with Crippen molar-refractivity contribution in [2.24, 2.45) is 5.92 Å². The standard InChI is InChI=1S/C6H9NO2/c7-4-5-1-2-9-6(8)3-5/h5-6,8H,1-3H2. The van der Waals surface area contributed by atoms with Gasteiger partial charge in [-0.25, -0.2) is 0 Å². The number of hydrogen-bond donors (Lipinski definition) is 1. The van der Waals surface area contributed by atoms with Crippen molar-refractivity contribution < 1.29 is 9.84 Å². The molecule has 3 nitrogen and oxygen atoms in total. The van der Waals surface area contributed by atoms with Crippen molar-refractivity contribution in [3.05, 3.63) is 0 Å². The Morgan fingerprint density at radius 3 is 2.89 bits per heavy atom. The lowest BCUT2D eigenvalue weighted by Crippen LogP contribution is -2.24. The molecule has 0 aromatic heterocycles. The first-order valence-corrected chi connectivity index (χ1v) is 3.02. The minimum atomic E-state index is -0.705. The monoisotopic (exact) mass is 127 g/mol. The highest BCUT2D eigenvalue weighted by Gasteiger charge is 2.19. The maximum absolute atomic E-state index is 8.84. The molecule has 9 heavy (non-hydrogen) atoms. The van der Waals surface area contributed by atoms with Crippen molar-refractivity contribution >= 4 is 0 Å². The van der Waals surface area contributed by atoms with Crippen LogP contribution in [-0.4, -0.2) is 18.0 Å². The second-order valence-corrected chi connectivity index (χ2v) is 2.18. The number of rotatable bonds is 0. The molecule has 1 aliphatic rings. The number of aliphatic hydroxyl groups excluding tert-OH is 1. The van der Waals surface area contributed by atoms with Crippen LogP contribution in [0.15, 0.2) is 0 Å². The van der Waals surface area contributed by atoms with Gasteiger partial charge in [0, 0.05) is 6.42 Å². The van der Waals surface area contributed by atoms with Crippen LogP contribution in [0.2, 0.25) is 0 Å².